The summed E-state index contributed by atoms with van der Waals surface area (Å²) in [7, 11) is 4.04. The molecule has 2 aromatic carbocycles. The fourth-order valence-corrected chi connectivity index (χ4v) is 3.41. The van der Waals surface area contributed by atoms with E-state index in [1.807, 2.05) is 19.0 Å². The Bertz CT molecular complexity index is 789. The number of nitrogens with zero attached hydrogens (tertiary/aromatic N) is 2. The molecule has 6 heteroatoms. The average Bonchev–Trinajstić information content (AvgIpc) is 2.68. The van der Waals surface area contributed by atoms with Gasteiger partial charge in [0.2, 0.25) is 0 Å². The highest BCUT2D eigenvalue weighted by Gasteiger charge is 2.31. The van der Waals surface area contributed by atoms with E-state index in [2.05, 4.69) is 41.3 Å². The molecular weight excluding hydrogens is 363 g/mol. The van der Waals surface area contributed by atoms with Crippen molar-refractivity contribution in [3.63, 3.8) is 0 Å². The van der Waals surface area contributed by atoms with Gasteiger partial charge in [0.25, 0.3) is 0 Å². The summed E-state index contributed by atoms with van der Waals surface area (Å²) >= 11 is 0. The minimum atomic E-state index is -4.29. The van der Waals surface area contributed by atoms with Crippen LogP contribution in [0.3, 0.4) is 0 Å². The minimum absolute atomic E-state index is 0.581. The van der Waals surface area contributed by atoms with Gasteiger partial charge in [-0.25, -0.2) is 0 Å². The normalized spacial score (nSPS) is 16.0. The number of alkyl halides is 3. The highest BCUT2D eigenvalue weighted by molar-refractivity contribution is 5.55. The van der Waals surface area contributed by atoms with Gasteiger partial charge in [0.05, 0.1) is 38.3 Å². The maximum absolute atomic E-state index is 12.9. The summed E-state index contributed by atoms with van der Waals surface area (Å²) in [5, 5.41) is 0. The van der Waals surface area contributed by atoms with Crippen LogP contribution in [0, 0.1) is 0 Å². The van der Waals surface area contributed by atoms with E-state index >= 15 is 0 Å². The van der Waals surface area contributed by atoms with E-state index in [4.69, 9.17) is 0 Å². The fraction of sp³-hybridized carbons (Fsp3) is 0.364. The van der Waals surface area contributed by atoms with Crippen LogP contribution >= 0.6 is 0 Å². The number of hydrogen-bond donors (Lipinski definition) is 1. The Hall–Kier alpha value is -2.47. The molecule has 1 saturated heterocycles. The quantitative estimate of drug-likeness (QED) is 0.841. The Morgan fingerprint density at radius 1 is 1.04 bits per heavy atom. The number of hydrogen-bond acceptors (Lipinski definition) is 2. The zero-order valence-corrected chi connectivity index (χ0v) is 16.3. The molecule has 0 unspecified atom stereocenters. The summed E-state index contributed by atoms with van der Waals surface area (Å²) in [5.74, 6) is 0. The van der Waals surface area contributed by atoms with Gasteiger partial charge in [0, 0.05) is 25.5 Å². The van der Waals surface area contributed by atoms with Crippen LogP contribution in [-0.4, -0.2) is 46.8 Å². The van der Waals surface area contributed by atoms with Crippen LogP contribution in [-0.2, 0) is 6.18 Å². The van der Waals surface area contributed by atoms with Gasteiger partial charge in [-0.05, 0) is 42.0 Å². The van der Waals surface area contributed by atoms with Gasteiger partial charge in [0.1, 0.15) is 0 Å². The van der Waals surface area contributed by atoms with Crippen LogP contribution in [0.1, 0.15) is 11.1 Å². The first-order valence-corrected chi connectivity index (χ1v) is 9.52. The molecule has 0 aromatic heterocycles. The Labute approximate surface area is 164 Å². The first-order valence-electron chi connectivity index (χ1n) is 9.52. The molecule has 0 radical (unpaired) electrons. The molecule has 1 fully saturated rings. The first kappa shape index (κ1) is 20.3. The SMILES string of the molecule is CN(C)c1ccc(/C=C/C[NH+]2CCN(c3cccc(C(F)(F)F)c3)CC2)cc1. The van der Waals surface area contributed by atoms with Gasteiger partial charge in [-0.3, -0.25) is 0 Å². The second kappa shape index (κ2) is 8.69. The third-order valence-corrected chi connectivity index (χ3v) is 5.14. The van der Waals surface area contributed by atoms with E-state index in [1.54, 1.807) is 6.07 Å². The molecule has 0 bridgehead atoms. The molecule has 3 nitrogen and oxygen atoms in total. The standard InChI is InChI=1S/C22H26F3N3/c1-26(2)20-10-8-18(9-11-20)5-4-12-27-13-15-28(16-14-27)21-7-3-6-19(17-21)22(23,24)25/h3-11,17H,12-16H2,1-2H3/p+1/b5-4+. The lowest BCUT2D eigenvalue weighted by atomic mass is 10.1. The van der Waals surface area contributed by atoms with E-state index < -0.39 is 11.7 Å². The minimum Gasteiger partial charge on any atom is -0.378 e. The lowest BCUT2D eigenvalue weighted by molar-refractivity contribution is -0.894. The predicted octanol–water partition coefficient (Wildman–Crippen LogP) is 3.19. The largest absolute Gasteiger partial charge is 0.416 e. The third kappa shape index (κ3) is 5.29. The molecule has 1 aliphatic rings. The summed E-state index contributed by atoms with van der Waals surface area (Å²) in [4.78, 5) is 5.56. The molecule has 2 aromatic rings. The number of quaternary nitrogens is 1. The molecule has 3 rings (SSSR count). The summed E-state index contributed by atoms with van der Waals surface area (Å²) in [5.41, 5.74) is 2.43. The summed E-state index contributed by atoms with van der Waals surface area (Å²) in [6, 6.07) is 14.0. The van der Waals surface area contributed by atoms with E-state index in [1.165, 1.54) is 28.3 Å². The van der Waals surface area contributed by atoms with Gasteiger partial charge in [-0.1, -0.05) is 24.3 Å². The maximum atomic E-state index is 12.9. The molecule has 0 saturated carbocycles. The van der Waals surface area contributed by atoms with Crippen LogP contribution in [0.5, 0.6) is 0 Å². The smallest absolute Gasteiger partial charge is 0.378 e. The van der Waals surface area contributed by atoms with Gasteiger partial charge in [-0.15, -0.1) is 0 Å². The Morgan fingerprint density at radius 3 is 2.32 bits per heavy atom. The van der Waals surface area contributed by atoms with Gasteiger partial charge >= 0.3 is 6.18 Å². The van der Waals surface area contributed by atoms with Gasteiger partial charge in [-0.2, -0.15) is 13.2 Å². The predicted molar refractivity (Wildman–Crippen MR) is 109 cm³/mol. The van der Waals surface area contributed by atoms with E-state index in [-0.39, 0.29) is 0 Å². The van der Waals surface area contributed by atoms with Gasteiger partial charge in [0.15, 0.2) is 0 Å². The molecule has 150 valence electrons. The highest BCUT2D eigenvalue weighted by atomic mass is 19.4. The van der Waals surface area contributed by atoms with Crippen LogP contribution in [0.4, 0.5) is 24.5 Å². The lowest BCUT2D eigenvalue weighted by Gasteiger charge is -2.33. The Balaban J connectivity index is 1.50. The van der Waals surface area contributed by atoms with Crippen molar-refractivity contribution in [2.45, 2.75) is 6.18 Å². The molecule has 0 amide bonds. The summed E-state index contributed by atoms with van der Waals surface area (Å²) in [6.45, 7) is 4.29. The topological polar surface area (TPSA) is 10.9 Å². The molecule has 1 N–H and O–H groups in total. The second-order valence-corrected chi connectivity index (χ2v) is 7.38. The highest BCUT2D eigenvalue weighted by Crippen LogP contribution is 2.31. The summed E-state index contributed by atoms with van der Waals surface area (Å²) in [6.07, 6.45) is 0.0180. The van der Waals surface area contributed by atoms with E-state index in [0.717, 1.165) is 38.8 Å². The molecule has 28 heavy (non-hydrogen) atoms. The number of piperazine rings is 1. The van der Waals surface area contributed by atoms with Crippen LogP contribution in [0.2, 0.25) is 0 Å². The van der Waals surface area contributed by atoms with E-state index in [9.17, 15) is 13.2 Å². The molecule has 0 aliphatic carbocycles. The zero-order chi connectivity index (χ0) is 20.1. The van der Waals surface area contributed by atoms with Crippen molar-refractivity contribution in [2.75, 3.05) is 56.6 Å². The van der Waals surface area contributed by atoms with Crippen molar-refractivity contribution in [1.29, 1.82) is 0 Å². The first-order chi connectivity index (χ1) is 13.3. The lowest BCUT2D eigenvalue weighted by Crippen LogP contribution is -3.14. The molecule has 0 spiro atoms. The fourth-order valence-electron chi connectivity index (χ4n) is 3.41. The molecule has 0 atom stereocenters. The third-order valence-electron chi connectivity index (χ3n) is 5.14. The maximum Gasteiger partial charge on any atom is 0.416 e. The Kier molecular flexibility index (Phi) is 6.29. The van der Waals surface area contributed by atoms with Crippen molar-refractivity contribution < 1.29 is 18.1 Å². The second-order valence-electron chi connectivity index (χ2n) is 7.38. The Morgan fingerprint density at radius 2 is 1.71 bits per heavy atom. The number of halogens is 3. The van der Waals surface area contributed by atoms with Crippen molar-refractivity contribution in [1.82, 2.24) is 0 Å². The number of rotatable bonds is 5. The molecule has 1 aliphatic heterocycles. The van der Waals surface area contributed by atoms with Crippen LogP contribution in [0.15, 0.2) is 54.6 Å². The molecular formula is C22H27F3N3+. The molecule has 1 heterocycles. The zero-order valence-electron chi connectivity index (χ0n) is 16.3. The number of benzene rings is 2. The van der Waals surface area contributed by atoms with Crippen molar-refractivity contribution in [3.8, 4) is 0 Å². The van der Waals surface area contributed by atoms with E-state index in [0.29, 0.717) is 5.69 Å². The van der Waals surface area contributed by atoms with Crippen LogP contribution < -0.4 is 14.7 Å². The van der Waals surface area contributed by atoms with Crippen molar-refractivity contribution in [2.24, 2.45) is 0 Å². The number of nitrogens with one attached hydrogen (secondary N) is 1. The van der Waals surface area contributed by atoms with Crippen molar-refractivity contribution in [3.05, 3.63) is 65.7 Å². The number of anilines is 2. The monoisotopic (exact) mass is 390 g/mol. The summed E-state index contributed by atoms with van der Waals surface area (Å²) < 4.78 is 38.7. The average molecular weight is 390 g/mol. The van der Waals surface area contributed by atoms with Crippen molar-refractivity contribution >= 4 is 17.5 Å². The van der Waals surface area contributed by atoms with Crippen LogP contribution in [0.25, 0.3) is 6.08 Å². The van der Waals surface area contributed by atoms with Gasteiger partial charge < -0.3 is 14.7 Å².